The molecule has 0 heterocycles. The zero-order chi connectivity index (χ0) is 49.3. The summed E-state index contributed by atoms with van der Waals surface area (Å²) in [7, 11) is 0. The van der Waals surface area contributed by atoms with Gasteiger partial charge >= 0.3 is 17.9 Å². The van der Waals surface area contributed by atoms with Crippen molar-refractivity contribution in [1.82, 2.24) is 0 Å². The molecular formula is C62H114O6. The lowest BCUT2D eigenvalue weighted by Crippen LogP contribution is -2.30. The average Bonchev–Trinajstić information content (AvgIpc) is 3.34. The maximum atomic E-state index is 12.8. The fourth-order valence-electron chi connectivity index (χ4n) is 8.82. The second-order valence-corrected chi connectivity index (χ2v) is 20.3. The third-order valence-corrected chi connectivity index (χ3v) is 13.4. The van der Waals surface area contributed by atoms with Crippen molar-refractivity contribution in [2.45, 2.75) is 329 Å². The van der Waals surface area contributed by atoms with Gasteiger partial charge in [0.1, 0.15) is 13.2 Å². The molecule has 0 bridgehead atoms. The predicted octanol–water partition coefficient (Wildman–Crippen LogP) is 20.0. The van der Waals surface area contributed by atoms with Crippen LogP contribution in [0.3, 0.4) is 0 Å². The quantitative estimate of drug-likeness (QED) is 0.0262. The molecule has 0 fully saturated rings. The van der Waals surface area contributed by atoms with Crippen LogP contribution in [-0.4, -0.2) is 37.2 Å². The summed E-state index contributed by atoms with van der Waals surface area (Å²) < 4.78 is 16.7. The summed E-state index contributed by atoms with van der Waals surface area (Å²) in [5, 5.41) is 0. The van der Waals surface area contributed by atoms with Crippen molar-refractivity contribution in [3.05, 3.63) is 36.5 Å². The summed E-state index contributed by atoms with van der Waals surface area (Å²) in [6, 6.07) is 0. The molecule has 0 aromatic carbocycles. The van der Waals surface area contributed by atoms with Crippen molar-refractivity contribution in [1.29, 1.82) is 0 Å². The van der Waals surface area contributed by atoms with Crippen LogP contribution in [-0.2, 0) is 28.6 Å². The standard InChI is InChI=1S/C62H114O6/c1-4-7-10-13-16-18-20-22-24-25-26-27-28-29-30-31-32-33-34-35-36-37-39-40-42-44-46-49-52-55-61(64)67-58-59(57-66-60(63)54-51-48-15-12-9-6-3)68-62(65)56-53-50-47-45-43-41-38-23-21-19-17-14-11-8-5-2/h17,19,23,25-26,38,59H,4-16,18,20-22,24,27-37,39-58H2,1-3H3/b19-17-,26-25-,38-23-. The summed E-state index contributed by atoms with van der Waals surface area (Å²) >= 11 is 0. The van der Waals surface area contributed by atoms with E-state index in [4.69, 9.17) is 14.2 Å². The Bertz CT molecular complexity index is 1140. The Hall–Kier alpha value is -2.37. The van der Waals surface area contributed by atoms with Crippen LogP contribution in [0.2, 0.25) is 0 Å². The molecule has 0 saturated carbocycles. The van der Waals surface area contributed by atoms with Crippen LogP contribution >= 0.6 is 0 Å². The summed E-state index contributed by atoms with van der Waals surface area (Å²) in [6.45, 7) is 6.58. The molecule has 68 heavy (non-hydrogen) atoms. The lowest BCUT2D eigenvalue weighted by molar-refractivity contribution is -0.167. The lowest BCUT2D eigenvalue weighted by atomic mass is 10.0. The first-order chi connectivity index (χ1) is 33.5. The van der Waals surface area contributed by atoms with Crippen LogP contribution in [0.25, 0.3) is 0 Å². The minimum absolute atomic E-state index is 0.0746. The third kappa shape index (κ3) is 54.6. The van der Waals surface area contributed by atoms with Gasteiger partial charge in [-0.25, -0.2) is 0 Å². The molecule has 398 valence electrons. The highest BCUT2D eigenvalue weighted by Gasteiger charge is 2.19. The Balaban J connectivity index is 4.00. The molecular weight excluding hydrogens is 841 g/mol. The van der Waals surface area contributed by atoms with Gasteiger partial charge in [0.15, 0.2) is 6.10 Å². The SMILES string of the molecule is CCCCC/C=C\C/C=C\CCCCCCCC(=O)OC(COC(=O)CCCCCCCC)COC(=O)CCCCCCCCCCCCCCCCCCC/C=C\CCCCCCCCCC. The van der Waals surface area contributed by atoms with Gasteiger partial charge in [0.2, 0.25) is 0 Å². The van der Waals surface area contributed by atoms with E-state index in [-0.39, 0.29) is 31.1 Å². The maximum absolute atomic E-state index is 12.8. The van der Waals surface area contributed by atoms with Crippen molar-refractivity contribution in [2.75, 3.05) is 13.2 Å². The van der Waals surface area contributed by atoms with E-state index in [0.717, 1.165) is 83.5 Å². The van der Waals surface area contributed by atoms with E-state index in [0.29, 0.717) is 19.3 Å². The minimum Gasteiger partial charge on any atom is -0.462 e. The number of rotatable bonds is 55. The molecule has 1 atom stereocenters. The van der Waals surface area contributed by atoms with Gasteiger partial charge in [0.05, 0.1) is 0 Å². The molecule has 0 aliphatic heterocycles. The Labute approximate surface area is 423 Å². The third-order valence-electron chi connectivity index (χ3n) is 13.4. The monoisotopic (exact) mass is 955 g/mol. The molecule has 0 saturated heterocycles. The number of ether oxygens (including phenoxy) is 3. The summed E-state index contributed by atoms with van der Waals surface area (Å²) in [6.07, 6.45) is 69.1. The number of carbonyl (C=O) groups excluding carboxylic acids is 3. The number of hydrogen-bond acceptors (Lipinski definition) is 6. The Kier molecular flexibility index (Phi) is 55.2. The fraction of sp³-hybridized carbons (Fsp3) is 0.855. The second kappa shape index (κ2) is 57.2. The van der Waals surface area contributed by atoms with E-state index in [1.807, 2.05) is 0 Å². The van der Waals surface area contributed by atoms with Gasteiger partial charge in [0.25, 0.3) is 0 Å². The molecule has 0 spiro atoms. The summed E-state index contributed by atoms with van der Waals surface area (Å²) in [5.41, 5.74) is 0. The number of esters is 3. The number of unbranched alkanes of at least 4 members (excludes halogenated alkanes) is 38. The molecule has 1 unspecified atom stereocenters. The van der Waals surface area contributed by atoms with Crippen molar-refractivity contribution < 1.29 is 28.6 Å². The van der Waals surface area contributed by atoms with Crippen LogP contribution in [0, 0.1) is 0 Å². The van der Waals surface area contributed by atoms with E-state index >= 15 is 0 Å². The molecule has 0 rings (SSSR count). The highest BCUT2D eigenvalue weighted by molar-refractivity contribution is 5.71. The van der Waals surface area contributed by atoms with E-state index < -0.39 is 6.10 Å². The van der Waals surface area contributed by atoms with Crippen molar-refractivity contribution in [3.8, 4) is 0 Å². The molecule has 0 radical (unpaired) electrons. The van der Waals surface area contributed by atoms with Gasteiger partial charge < -0.3 is 14.2 Å². The number of hydrogen-bond donors (Lipinski definition) is 0. The Morgan fingerprint density at radius 3 is 0.853 bits per heavy atom. The van der Waals surface area contributed by atoms with Crippen molar-refractivity contribution in [3.63, 3.8) is 0 Å². The van der Waals surface area contributed by atoms with Gasteiger partial charge in [-0.15, -0.1) is 0 Å². The molecule has 0 aromatic rings. The molecule has 0 N–H and O–H groups in total. The highest BCUT2D eigenvalue weighted by Crippen LogP contribution is 2.17. The maximum Gasteiger partial charge on any atom is 0.306 e. The average molecular weight is 956 g/mol. The Morgan fingerprint density at radius 1 is 0.294 bits per heavy atom. The van der Waals surface area contributed by atoms with Gasteiger partial charge in [-0.05, 0) is 77.0 Å². The smallest absolute Gasteiger partial charge is 0.306 e. The molecule has 0 aliphatic rings. The fourth-order valence-corrected chi connectivity index (χ4v) is 8.82. The number of allylic oxidation sites excluding steroid dienone is 6. The molecule has 0 aliphatic carbocycles. The zero-order valence-corrected chi connectivity index (χ0v) is 45.6. The van der Waals surface area contributed by atoms with Crippen molar-refractivity contribution in [2.24, 2.45) is 0 Å². The van der Waals surface area contributed by atoms with E-state index in [2.05, 4.69) is 57.2 Å². The first kappa shape index (κ1) is 65.6. The largest absolute Gasteiger partial charge is 0.462 e. The van der Waals surface area contributed by atoms with Crippen LogP contribution in [0.1, 0.15) is 323 Å². The van der Waals surface area contributed by atoms with Gasteiger partial charge in [-0.3, -0.25) is 14.4 Å². The van der Waals surface area contributed by atoms with Gasteiger partial charge in [-0.2, -0.15) is 0 Å². The number of carbonyl (C=O) groups is 3. The van der Waals surface area contributed by atoms with Crippen LogP contribution in [0.5, 0.6) is 0 Å². The molecule has 0 amide bonds. The van der Waals surface area contributed by atoms with Crippen LogP contribution in [0.4, 0.5) is 0 Å². The first-order valence-electron chi connectivity index (χ1n) is 30.0. The van der Waals surface area contributed by atoms with E-state index in [1.165, 1.54) is 199 Å². The topological polar surface area (TPSA) is 78.9 Å². The van der Waals surface area contributed by atoms with Crippen LogP contribution in [0.15, 0.2) is 36.5 Å². The zero-order valence-electron chi connectivity index (χ0n) is 45.6. The van der Waals surface area contributed by atoms with E-state index in [9.17, 15) is 14.4 Å². The highest BCUT2D eigenvalue weighted by atomic mass is 16.6. The van der Waals surface area contributed by atoms with Crippen LogP contribution < -0.4 is 0 Å². The molecule has 0 aromatic heterocycles. The van der Waals surface area contributed by atoms with Crippen molar-refractivity contribution >= 4 is 17.9 Å². The van der Waals surface area contributed by atoms with Gasteiger partial charge in [-0.1, -0.05) is 263 Å². The second-order valence-electron chi connectivity index (χ2n) is 20.3. The summed E-state index contributed by atoms with van der Waals surface area (Å²) in [4.78, 5) is 37.8. The first-order valence-corrected chi connectivity index (χ1v) is 30.0. The van der Waals surface area contributed by atoms with E-state index in [1.54, 1.807) is 0 Å². The lowest BCUT2D eigenvalue weighted by Gasteiger charge is -2.18. The molecule has 6 heteroatoms. The molecule has 6 nitrogen and oxygen atoms in total. The normalized spacial score (nSPS) is 12.2. The van der Waals surface area contributed by atoms with Gasteiger partial charge in [0, 0.05) is 19.3 Å². The minimum atomic E-state index is -0.773. The summed E-state index contributed by atoms with van der Waals surface area (Å²) in [5.74, 6) is -0.884. The predicted molar refractivity (Wildman–Crippen MR) is 293 cm³/mol. The Morgan fingerprint density at radius 2 is 0.529 bits per heavy atom.